The van der Waals surface area contributed by atoms with Crippen LogP contribution in [0.5, 0.6) is 11.5 Å². The van der Waals surface area contributed by atoms with Crippen molar-refractivity contribution in [3.8, 4) is 11.5 Å². The summed E-state index contributed by atoms with van der Waals surface area (Å²) < 4.78 is 143. The summed E-state index contributed by atoms with van der Waals surface area (Å²) in [5.74, 6) is -1.93. The van der Waals surface area contributed by atoms with Gasteiger partial charge in [-0.05, 0) is 71.1 Å². The van der Waals surface area contributed by atoms with E-state index in [4.69, 9.17) is 4.74 Å². The van der Waals surface area contributed by atoms with Gasteiger partial charge in [-0.1, -0.05) is 0 Å². The number of aromatic nitrogens is 3. The Kier molecular flexibility index (Phi) is 10.0. The Hall–Kier alpha value is -5.28. The third kappa shape index (κ3) is 8.37. The second-order valence-corrected chi connectivity index (χ2v) is 15.0. The number of rotatable bonds is 11. The number of azo groups is 1. The van der Waals surface area contributed by atoms with Crippen LogP contribution in [-0.4, -0.2) is 74.8 Å². The topological polar surface area (TPSA) is 320 Å². The SMILES string of the molecule is COc1ccc(N=Nc2c(S(=O)(=O)O)cc3cc(Nc4nc(F)nc(Nc5ccc(S(=O)[O-])cc5S(=O)(=O)O)n4)ccc3c2O)c(S(=O)(=O)O)c1. The van der Waals surface area contributed by atoms with Crippen LogP contribution in [-0.2, 0) is 41.4 Å². The molecule has 4 aromatic carbocycles. The normalized spacial score (nSPS) is 13.0. The highest BCUT2D eigenvalue weighted by Crippen LogP contribution is 2.43. The van der Waals surface area contributed by atoms with Crippen LogP contribution in [0.2, 0.25) is 0 Å². The van der Waals surface area contributed by atoms with Crippen LogP contribution in [0.15, 0.2) is 90.5 Å². The predicted octanol–water partition coefficient (Wildman–Crippen LogP) is 3.76. The van der Waals surface area contributed by atoms with Gasteiger partial charge in [-0.3, -0.25) is 17.9 Å². The van der Waals surface area contributed by atoms with Gasteiger partial charge in [0.2, 0.25) is 11.9 Å². The van der Waals surface area contributed by atoms with E-state index in [1.807, 2.05) is 0 Å². The minimum Gasteiger partial charge on any atom is -0.768 e. The van der Waals surface area contributed by atoms with E-state index >= 15 is 0 Å². The highest BCUT2D eigenvalue weighted by molar-refractivity contribution is 7.86. The number of methoxy groups -OCH3 is 1. The molecule has 1 atom stereocenters. The van der Waals surface area contributed by atoms with Crippen molar-refractivity contribution in [1.82, 2.24) is 15.0 Å². The summed E-state index contributed by atoms with van der Waals surface area (Å²) in [4.78, 5) is 7.62. The first kappa shape index (κ1) is 37.0. The van der Waals surface area contributed by atoms with E-state index in [9.17, 15) is 57.2 Å². The molecule has 0 aliphatic heterocycles. The lowest BCUT2D eigenvalue weighted by atomic mass is 10.1. The zero-order valence-corrected chi connectivity index (χ0v) is 28.2. The fourth-order valence-corrected chi connectivity index (χ4v) is 6.81. The lowest BCUT2D eigenvalue weighted by molar-refractivity contribution is 0.412. The number of hydrogen-bond acceptors (Lipinski definition) is 17. The molecule has 0 bridgehead atoms. The van der Waals surface area contributed by atoms with Gasteiger partial charge in [0, 0.05) is 22.0 Å². The molecule has 0 saturated heterocycles. The molecule has 0 spiro atoms. The number of hydrogen-bond donors (Lipinski definition) is 6. The standard InChI is InChI=1S/C26H20FN7O13S4/c1-47-14-3-6-18(19(10-14)49(38,39)40)33-34-22-21(51(44,45)46)9-12-8-13(2-5-16(12)23(22)35)28-25-30-24(27)31-26(32-25)29-17-7-4-15(48(36)37)11-20(17)50(41,42)43/h2-11,35H,1H3,(H,36,37)(H,38,39,40)(H,41,42,43)(H,44,45,46)(H2,28,29,30,31,32)/p-1. The molecule has 5 aromatic rings. The van der Waals surface area contributed by atoms with Crippen molar-refractivity contribution in [3.63, 3.8) is 0 Å². The van der Waals surface area contributed by atoms with Gasteiger partial charge < -0.3 is 25.0 Å². The van der Waals surface area contributed by atoms with Gasteiger partial charge in [0.15, 0.2) is 5.75 Å². The molecule has 20 nitrogen and oxygen atoms in total. The van der Waals surface area contributed by atoms with Crippen LogP contribution >= 0.6 is 0 Å². The summed E-state index contributed by atoms with van der Waals surface area (Å²) in [6.07, 6.45) is -1.39. The Labute approximate surface area is 288 Å². The number of ether oxygens (including phenoxy) is 1. The number of fused-ring (bicyclic) bond motifs is 1. The largest absolute Gasteiger partial charge is 0.768 e. The summed E-state index contributed by atoms with van der Waals surface area (Å²) in [6.45, 7) is 0. The number of nitrogens with one attached hydrogen (secondary N) is 2. The van der Waals surface area contributed by atoms with Gasteiger partial charge in [-0.15, -0.1) is 10.2 Å². The summed E-state index contributed by atoms with van der Waals surface area (Å²) in [5.41, 5.74) is -1.69. The van der Waals surface area contributed by atoms with Crippen molar-refractivity contribution < 1.29 is 61.9 Å². The molecule has 0 aliphatic rings. The average Bonchev–Trinajstić information content (AvgIpc) is 3.02. The molecule has 25 heteroatoms. The molecule has 5 rings (SSSR count). The Morgan fingerprint density at radius 1 is 0.784 bits per heavy atom. The summed E-state index contributed by atoms with van der Waals surface area (Å²) >= 11 is -2.86. The van der Waals surface area contributed by atoms with E-state index in [1.54, 1.807) is 0 Å². The minimum atomic E-state index is -5.14. The minimum absolute atomic E-state index is 0.0167. The second kappa shape index (κ2) is 13.8. The third-order valence-corrected chi connectivity index (χ3v) is 9.85. The Bertz CT molecular complexity index is 2630. The fourth-order valence-electron chi connectivity index (χ4n) is 4.37. The Balaban J connectivity index is 1.52. The van der Waals surface area contributed by atoms with Crippen LogP contribution in [0.1, 0.15) is 0 Å². The number of anilines is 4. The van der Waals surface area contributed by atoms with Crippen molar-refractivity contribution in [2.45, 2.75) is 19.6 Å². The Morgan fingerprint density at radius 2 is 1.43 bits per heavy atom. The summed E-state index contributed by atoms with van der Waals surface area (Å²) in [6, 6.07) is 10.4. The molecule has 0 saturated carbocycles. The van der Waals surface area contributed by atoms with E-state index in [-0.39, 0.29) is 22.2 Å². The van der Waals surface area contributed by atoms with Crippen molar-refractivity contribution in [3.05, 3.63) is 66.7 Å². The molecular weight excluding hydrogens is 766 g/mol. The van der Waals surface area contributed by atoms with Crippen LogP contribution < -0.4 is 15.4 Å². The molecule has 6 N–H and O–H groups in total. The molecule has 268 valence electrons. The Morgan fingerprint density at radius 3 is 2.04 bits per heavy atom. The van der Waals surface area contributed by atoms with Gasteiger partial charge in [0.05, 0.1) is 12.8 Å². The quantitative estimate of drug-likeness (QED) is 0.0630. The zero-order valence-electron chi connectivity index (χ0n) is 25.0. The molecule has 51 heavy (non-hydrogen) atoms. The smallest absolute Gasteiger partial charge is 0.315 e. The number of halogens is 1. The van der Waals surface area contributed by atoms with Gasteiger partial charge in [-0.2, -0.15) is 44.6 Å². The fraction of sp³-hybridized carbons (Fsp3) is 0.0385. The first-order valence-corrected chi connectivity index (χ1v) is 18.6. The molecule has 0 radical (unpaired) electrons. The molecular formula is C26H19FN7O13S4-. The van der Waals surface area contributed by atoms with E-state index in [0.717, 1.165) is 30.3 Å². The van der Waals surface area contributed by atoms with Crippen LogP contribution in [0.4, 0.5) is 39.0 Å². The van der Waals surface area contributed by atoms with E-state index in [2.05, 4.69) is 35.8 Å². The van der Waals surface area contributed by atoms with E-state index < -0.39 is 102 Å². The number of benzene rings is 4. The van der Waals surface area contributed by atoms with Gasteiger partial charge >= 0.3 is 6.08 Å². The number of phenols is 1. The number of phenolic OH excluding ortho intramolecular Hbond substituents is 1. The first-order chi connectivity index (χ1) is 23.7. The number of nitrogens with zero attached hydrogens (tertiary/aromatic N) is 5. The molecule has 0 fully saturated rings. The zero-order chi connectivity index (χ0) is 37.5. The predicted molar refractivity (Wildman–Crippen MR) is 172 cm³/mol. The summed E-state index contributed by atoms with van der Waals surface area (Å²) in [7, 11) is -13.8. The van der Waals surface area contributed by atoms with Gasteiger partial charge in [-0.25, -0.2) is 0 Å². The lowest BCUT2D eigenvalue weighted by Gasteiger charge is -2.13. The maximum Gasteiger partial charge on any atom is 0.315 e. The summed E-state index contributed by atoms with van der Waals surface area (Å²) in [5, 5.41) is 23.1. The number of aromatic hydroxyl groups is 1. The van der Waals surface area contributed by atoms with Crippen LogP contribution in [0.3, 0.4) is 0 Å². The highest BCUT2D eigenvalue weighted by atomic mass is 32.2. The molecule has 1 unspecified atom stereocenters. The van der Waals surface area contributed by atoms with E-state index in [0.29, 0.717) is 6.07 Å². The monoisotopic (exact) mass is 784 g/mol. The molecule has 1 heterocycles. The first-order valence-electron chi connectivity index (χ1n) is 13.3. The van der Waals surface area contributed by atoms with Crippen molar-refractivity contribution in [2.75, 3.05) is 17.7 Å². The maximum atomic E-state index is 14.4. The maximum absolute atomic E-state index is 14.4. The van der Waals surface area contributed by atoms with Crippen molar-refractivity contribution >= 4 is 86.9 Å². The average molecular weight is 785 g/mol. The van der Waals surface area contributed by atoms with E-state index in [1.165, 1.54) is 31.4 Å². The van der Waals surface area contributed by atoms with Crippen molar-refractivity contribution in [1.29, 1.82) is 0 Å². The van der Waals surface area contributed by atoms with Crippen LogP contribution in [0.25, 0.3) is 10.8 Å². The molecule has 0 aliphatic carbocycles. The third-order valence-electron chi connectivity index (χ3n) is 6.57. The van der Waals surface area contributed by atoms with Crippen molar-refractivity contribution in [2.24, 2.45) is 10.2 Å². The van der Waals surface area contributed by atoms with Gasteiger partial charge in [0.1, 0.15) is 31.8 Å². The second-order valence-electron chi connectivity index (χ2n) is 9.86. The van der Waals surface area contributed by atoms with Gasteiger partial charge in [0.25, 0.3) is 30.4 Å². The lowest BCUT2D eigenvalue weighted by Crippen LogP contribution is -2.09. The molecule has 0 amide bonds. The molecule has 1 aromatic heterocycles. The highest BCUT2D eigenvalue weighted by Gasteiger charge is 2.24. The van der Waals surface area contributed by atoms with Crippen LogP contribution in [0, 0.1) is 6.08 Å².